The van der Waals surface area contributed by atoms with Gasteiger partial charge in [-0.25, -0.2) is 0 Å². The average molecular weight is 575 g/mol. The number of Topliss-reactive ketones (excluding diaryl/α,β-unsaturated/α-hetero) is 1. The molecule has 1 aromatic heterocycles. The van der Waals surface area contributed by atoms with Crippen molar-refractivity contribution >= 4 is 63.3 Å². The number of nitriles is 1. The lowest BCUT2D eigenvalue weighted by molar-refractivity contribution is -0.116. The molecule has 3 aromatic rings. The second kappa shape index (κ2) is 11.9. The van der Waals surface area contributed by atoms with Gasteiger partial charge in [-0.15, -0.1) is 10.2 Å². The summed E-state index contributed by atoms with van der Waals surface area (Å²) < 4.78 is 0.563. The van der Waals surface area contributed by atoms with Gasteiger partial charge in [-0.3, -0.25) is 14.5 Å². The number of carbonyl (C=O) groups is 2. The molecule has 8 nitrogen and oxygen atoms in total. The number of hydrogen-bond acceptors (Lipinski definition) is 9. The van der Waals surface area contributed by atoms with E-state index in [0.717, 1.165) is 11.3 Å². The van der Waals surface area contributed by atoms with Crippen molar-refractivity contribution in [1.82, 2.24) is 10.2 Å². The molecule has 2 aromatic carbocycles. The van der Waals surface area contributed by atoms with Gasteiger partial charge in [0.25, 0.3) is 0 Å². The van der Waals surface area contributed by atoms with Crippen LogP contribution in [0.2, 0.25) is 5.02 Å². The van der Waals surface area contributed by atoms with Crippen molar-refractivity contribution in [2.24, 2.45) is 11.7 Å². The van der Waals surface area contributed by atoms with E-state index in [1.807, 2.05) is 42.5 Å². The Morgan fingerprint density at radius 3 is 2.82 bits per heavy atom. The van der Waals surface area contributed by atoms with E-state index in [-0.39, 0.29) is 23.3 Å². The van der Waals surface area contributed by atoms with Gasteiger partial charge < -0.3 is 11.1 Å². The molecule has 1 amide bonds. The molecule has 11 heteroatoms. The number of anilines is 2. The summed E-state index contributed by atoms with van der Waals surface area (Å²) in [5, 5.41) is 22.4. The van der Waals surface area contributed by atoms with Crippen LogP contribution in [0.25, 0.3) is 6.08 Å². The lowest BCUT2D eigenvalue weighted by atomic mass is 9.79. The molecule has 0 bridgehead atoms. The molecule has 1 atom stereocenters. The van der Waals surface area contributed by atoms with Gasteiger partial charge in [-0.2, -0.15) is 5.26 Å². The molecule has 0 fully saturated rings. The predicted octanol–water partition coefficient (Wildman–Crippen LogP) is 5.77. The van der Waals surface area contributed by atoms with Crippen molar-refractivity contribution in [3.63, 3.8) is 0 Å². The number of nitrogens with zero attached hydrogens (tertiary/aromatic N) is 4. The molecule has 0 spiro atoms. The zero-order valence-electron chi connectivity index (χ0n) is 20.6. The highest BCUT2D eigenvalue weighted by molar-refractivity contribution is 8.01. The molecule has 1 aliphatic carbocycles. The minimum absolute atomic E-state index is 0.000937. The number of nitrogens with two attached hydrogens (primary N) is 1. The van der Waals surface area contributed by atoms with Crippen LogP contribution >= 0.6 is 34.7 Å². The minimum atomic E-state index is -0.536. The first-order chi connectivity index (χ1) is 18.9. The Balaban J connectivity index is 1.39. The fourth-order valence-corrected chi connectivity index (χ4v) is 6.42. The molecule has 1 aliphatic heterocycles. The summed E-state index contributed by atoms with van der Waals surface area (Å²) in [6.45, 7) is 0. The van der Waals surface area contributed by atoms with Crippen molar-refractivity contribution in [2.45, 2.75) is 23.6 Å². The normalized spacial score (nSPS) is 17.4. The summed E-state index contributed by atoms with van der Waals surface area (Å²) in [5.41, 5.74) is 9.76. The second-order valence-corrected chi connectivity index (χ2v) is 11.4. The summed E-state index contributed by atoms with van der Waals surface area (Å²) in [6.07, 6.45) is 5.50. The van der Waals surface area contributed by atoms with E-state index in [0.29, 0.717) is 50.6 Å². The van der Waals surface area contributed by atoms with E-state index in [1.54, 1.807) is 29.2 Å². The number of allylic oxidation sites excluding steroid dienone is 4. The Kier molecular flexibility index (Phi) is 8.12. The molecule has 2 aliphatic rings. The Hall–Kier alpha value is -3.91. The van der Waals surface area contributed by atoms with Crippen molar-refractivity contribution in [3.05, 3.63) is 93.9 Å². The maximum absolute atomic E-state index is 13.2. The predicted molar refractivity (Wildman–Crippen MR) is 155 cm³/mol. The maximum Gasteiger partial charge on any atom is 0.234 e. The van der Waals surface area contributed by atoms with Crippen LogP contribution in [0, 0.1) is 17.2 Å². The number of thioether (sulfide) groups is 1. The Bertz CT molecular complexity index is 1560. The molecular weight excluding hydrogens is 552 g/mol. The van der Waals surface area contributed by atoms with Crippen LogP contribution in [0.15, 0.2) is 87.7 Å². The lowest BCUT2D eigenvalue weighted by Gasteiger charge is -2.37. The fraction of sp³-hybridized carbons (Fsp3) is 0.179. The molecule has 0 saturated heterocycles. The number of benzene rings is 2. The van der Waals surface area contributed by atoms with Crippen molar-refractivity contribution in [2.75, 3.05) is 16.0 Å². The van der Waals surface area contributed by atoms with Gasteiger partial charge >= 0.3 is 0 Å². The topological polar surface area (TPSA) is 125 Å². The zero-order valence-corrected chi connectivity index (χ0v) is 23.0. The number of amides is 1. The molecule has 3 N–H and O–H groups in total. The Morgan fingerprint density at radius 1 is 1.23 bits per heavy atom. The summed E-state index contributed by atoms with van der Waals surface area (Å²) in [7, 11) is 0. The fourth-order valence-electron chi connectivity index (χ4n) is 4.55. The van der Waals surface area contributed by atoms with E-state index in [4.69, 9.17) is 17.3 Å². The molecule has 39 heavy (non-hydrogen) atoms. The summed E-state index contributed by atoms with van der Waals surface area (Å²) in [5.74, 6) is -0.388. The first-order valence-corrected chi connectivity index (χ1v) is 14.3. The van der Waals surface area contributed by atoms with Crippen LogP contribution in [0.1, 0.15) is 24.8 Å². The van der Waals surface area contributed by atoms with Crippen LogP contribution in [0.3, 0.4) is 0 Å². The number of ketones is 1. The number of aromatic nitrogens is 2. The minimum Gasteiger partial charge on any atom is -0.384 e. The molecule has 2 heterocycles. The number of nitrogens with one attached hydrogen (secondary N) is 1. The number of halogens is 1. The average Bonchev–Trinajstić information content (AvgIpc) is 3.39. The quantitative estimate of drug-likeness (QED) is 0.341. The van der Waals surface area contributed by atoms with Crippen LogP contribution in [-0.2, 0) is 9.59 Å². The van der Waals surface area contributed by atoms with Crippen LogP contribution in [0.5, 0.6) is 0 Å². The third-order valence-electron chi connectivity index (χ3n) is 6.26. The van der Waals surface area contributed by atoms with Gasteiger partial charge in [0.2, 0.25) is 11.0 Å². The van der Waals surface area contributed by atoms with E-state index in [2.05, 4.69) is 21.6 Å². The Morgan fingerprint density at radius 2 is 2.05 bits per heavy atom. The first kappa shape index (κ1) is 26.7. The third-order valence-corrected chi connectivity index (χ3v) is 8.54. The number of carbonyl (C=O) groups excluding carboxylic acids is 2. The second-order valence-electron chi connectivity index (χ2n) is 8.83. The monoisotopic (exact) mass is 574 g/mol. The summed E-state index contributed by atoms with van der Waals surface area (Å²) in [6, 6.07) is 18.9. The van der Waals surface area contributed by atoms with Crippen LogP contribution < -0.4 is 16.0 Å². The zero-order chi connectivity index (χ0) is 27.4. The summed E-state index contributed by atoms with van der Waals surface area (Å²) >= 11 is 8.47. The van der Waals surface area contributed by atoms with Crippen LogP contribution in [0.4, 0.5) is 10.8 Å². The van der Waals surface area contributed by atoms with Crippen molar-refractivity contribution in [3.8, 4) is 6.07 Å². The van der Waals surface area contributed by atoms with Crippen molar-refractivity contribution < 1.29 is 9.59 Å². The van der Waals surface area contributed by atoms with E-state index in [9.17, 15) is 14.9 Å². The SMILES string of the molecule is N#CC1=C(N)N(c2nnc(SCC(=O)Nc3cccc(Cl)c3)s2)C2=C(C(=O)CCC2)C1/C=C/c1ccccc1. The highest BCUT2D eigenvalue weighted by atomic mass is 35.5. The van der Waals surface area contributed by atoms with Gasteiger partial charge in [-0.1, -0.05) is 83.2 Å². The largest absolute Gasteiger partial charge is 0.384 e. The van der Waals surface area contributed by atoms with Gasteiger partial charge in [0.15, 0.2) is 10.1 Å². The molecule has 0 saturated carbocycles. The summed E-state index contributed by atoms with van der Waals surface area (Å²) in [4.78, 5) is 27.3. The molecule has 196 valence electrons. The van der Waals surface area contributed by atoms with E-state index < -0.39 is 5.92 Å². The maximum atomic E-state index is 13.2. The molecule has 5 rings (SSSR count). The standard InChI is InChI=1S/C28H23ClN6O2S2/c29-18-8-4-9-19(14-18)32-24(37)16-38-28-34-33-27(39-28)35-22-10-5-11-23(36)25(22)20(21(15-30)26(35)31)13-12-17-6-2-1-3-7-17/h1-4,6-9,12-14,20H,5,10-11,16,31H2,(H,32,37)/b13-12+. The van der Waals surface area contributed by atoms with Gasteiger partial charge in [-0.05, 0) is 36.6 Å². The first-order valence-electron chi connectivity index (χ1n) is 12.2. The van der Waals surface area contributed by atoms with Gasteiger partial charge in [0, 0.05) is 34.3 Å². The number of rotatable bonds is 7. The van der Waals surface area contributed by atoms with Crippen molar-refractivity contribution in [1.29, 1.82) is 5.26 Å². The highest BCUT2D eigenvalue weighted by Crippen LogP contribution is 2.44. The molecule has 1 unspecified atom stereocenters. The van der Waals surface area contributed by atoms with Crippen LogP contribution in [-0.4, -0.2) is 27.6 Å². The highest BCUT2D eigenvalue weighted by Gasteiger charge is 2.39. The molecule has 0 radical (unpaired) electrons. The Labute approximate surface area is 238 Å². The smallest absolute Gasteiger partial charge is 0.234 e. The number of hydrogen-bond donors (Lipinski definition) is 2. The van der Waals surface area contributed by atoms with E-state index >= 15 is 0 Å². The third kappa shape index (κ3) is 5.91. The molecular formula is C28H23ClN6O2S2. The van der Waals surface area contributed by atoms with E-state index in [1.165, 1.54) is 23.1 Å². The lowest BCUT2D eigenvalue weighted by Crippen LogP contribution is -2.39. The van der Waals surface area contributed by atoms with Gasteiger partial charge in [0.05, 0.1) is 17.4 Å². The van der Waals surface area contributed by atoms with Gasteiger partial charge in [0.1, 0.15) is 5.82 Å².